The second kappa shape index (κ2) is 7.74. The van der Waals surface area contributed by atoms with Crippen molar-refractivity contribution in [1.29, 1.82) is 0 Å². The summed E-state index contributed by atoms with van der Waals surface area (Å²) in [4.78, 5) is 11.5. The Morgan fingerprint density at radius 3 is 2.84 bits per heavy atom. The smallest absolute Gasteiger partial charge is 0.220 e. The average molecular weight is 268 g/mol. The number of halogens is 1. The Balaban J connectivity index is 2.28. The summed E-state index contributed by atoms with van der Waals surface area (Å²) < 4.78 is 18.4. The Labute approximate surface area is 113 Å². The number of amides is 1. The zero-order valence-electron chi connectivity index (χ0n) is 11.4. The molecule has 5 heteroatoms. The largest absolute Gasteiger partial charge is 0.489 e. The van der Waals surface area contributed by atoms with Gasteiger partial charge in [-0.2, -0.15) is 0 Å². The summed E-state index contributed by atoms with van der Waals surface area (Å²) in [5.74, 6) is 0.0648. The average Bonchev–Trinajstić information content (AvgIpc) is 2.34. The van der Waals surface area contributed by atoms with Gasteiger partial charge in [-0.3, -0.25) is 4.79 Å². The van der Waals surface area contributed by atoms with Crippen molar-refractivity contribution < 1.29 is 13.9 Å². The Bertz CT molecular complexity index is 410. The van der Waals surface area contributed by atoms with Gasteiger partial charge in [-0.1, -0.05) is 6.07 Å². The van der Waals surface area contributed by atoms with Crippen molar-refractivity contribution in [3.8, 4) is 5.75 Å². The number of carbonyl (C=O) groups is 1. The molecule has 106 valence electrons. The number of benzene rings is 1. The van der Waals surface area contributed by atoms with Crippen LogP contribution in [-0.2, 0) is 4.79 Å². The molecule has 0 aromatic heterocycles. The van der Waals surface area contributed by atoms with Crippen LogP contribution in [0.15, 0.2) is 24.3 Å². The normalized spacial score (nSPS) is 13.7. The first-order valence-electron chi connectivity index (χ1n) is 6.42. The van der Waals surface area contributed by atoms with Gasteiger partial charge in [0.1, 0.15) is 17.7 Å². The number of carbonyl (C=O) groups excluding carboxylic acids is 1. The molecular formula is C14H21FN2O2. The predicted octanol–water partition coefficient (Wildman–Crippen LogP) is 1.84. The van der Waals surface area contributed by atoms with Crippen LogP contribution in [0.1, 0.15) is 26.7 Å². The molecule has 0 spiro atoms. The van der Waals surface area contributed by atoms with Gasteiger partial charge in [0.2, 0.25) is 5.91 Å². The summed E-state index contributed by atoms with van der Waals surface area (Å²) in [6, 6.07) is 5.95. The molecule has 1 amide bonds. The summed E-state index contributed by atoms with van der Waals surface area (Å²) in [5, 5.41) is 2.76. The molecule has 0 aliphatic heterocycles. The summed E-state index contributed by atoms with van der Waals surface area (Å²) in [7, 11) is 0. The second-order valence-corrected chi connectivity index (χ2v) is 4.71. The third-order valence-corrected chi connectivity index (χ3v) is 2.55. The number of hydrogen-bond acceptors (Lipinski definition) is 3. The number of ether oxygens (including phenoxy) is 1. The Hall–Kier alpha value is -1.62. The van der Waals surface area contributed by atoms with E-state index in [0.29, 0.717) is 25.1 Å². The van der Waals surface area contributed by atoms with Crippen LogP contribution in [0, 0.1) is 5.82 Å². The van der Waals surface area contributed by atoms with Crippen molar-refractivity contribution in [2.75, 3.05) is 6.54 Å². The Morgan fingerprint density at radius 1 is 1.47 bits per heavy atom. The molecule has 0 bridgehead atoms. The fraction of sp³-hybridized carbons (Fsp3) is 0.500. The van der Waals surface area contributed by atoms with Crippen LogP contribution in [0.25, 0.3) is 0 Å². The molecule has 2 atom stereocenters. The van der Waals surface area contributed by atoms with Crippen molar-refractivity contribution >= 4 is 5.91 Å². The minimum atomic E-state index is -0.342. The van der Waals surface area contributed by atoms with E-state index in [-0.39, 0.29) is 23.9 Å². The van der Waals surface area contributed by atoms with Crippen LogP contribution < -0.4 is 15.8 Å². The van der Waals surface area contributed by atoms with E-state index in [1.165, 1.54) is 12.1 Å². The van der Waals surface area contributed by atoms with E-state index in [1.807, 2.05) is 13.8 Å². The first-order valence-corrected chi connectivity index (χ1v) is 6.42. The van der Waals surface area contributed by atoms with Crippen LogP contribution >= 0.6 is 0 Å². The molecule has 0 aliphatic rings. The quantitative estimate of drug-likeness (QED) is 0.793. The van der Waals surface area contributed by atoms with E-state index in [0.717, 1.165) is 0 Å². The summed E-state index contributed by atoms with van der Waals surface area (Å²) >= 11 is 0. The number of hydrogen-bond donors (Lipinski definition) is 2. The van der Waals surface area contributed by atoms with E-state index in [4.69, 9.17) is 10.5 Å². The van der Waals surface area contributed by atoms with Gasteiger partial charge >= 0.3 is 0 Å². The van der Waals surface area contributed by atoms with E-state index in [9.17, 15) is 9.18 Å². The van der Waals surface area contributed by atoms with Crippen molar-refractivity contribution in [2.24, 2.45) is 5.73 Å². The van der Waals surface area contributed by atoms with Crippen molar-refractivity contribution in [3.05, 3.63) is 30.1 Å². The summed E-state index contributed by atoms with van der Waals surface area (Å²) in [5.41, 5.74) is 5.57. The highest BCUT2D eigenvalue weighted by molar-refractivity contribution is 5.75. The first-order chi connectivity index (χ1) is 8.97. The third kappa shape index (κ3) is 6.76. The maximum absolute atomic E-state index is 12.9. The lowest BCUT2D eigenvalue weighted by Crippen LogP contribution is -2.34. The van der Waals surface area contributed by atoms with E-state index in [2.05, 4.69) is 5.32 Å². The molecule has 19 heavy (non-hydrogen) atoms. The van der Waals surface area contributed by atoms with Crippen LogP contribution in [0.2, 0.25) is 0 Å². The molecule has 1 aromatic carbocycles. The SMILES string of the molecule is CC(N)CCC(=O)NCC(C)Oc1cccc(F)c1. The summed E-state index contributed by atoms with van der Waals surface area (Å²) in [6.45, 7) is 4.06. The topological polar surface area (TPSA) is 64.4 Å². The van der Waals surface area contributed by atoms with E-state index in [1.54, 1.807) is 12.1 Å². The van der Waals surface area contributed by atoms with Crippen LogP contribution in [-0.4, -0.2) is 24.6 Å². The highest BCUT2D eigenvalue weighted by Crippen LogP contribution is 2.13. The van der Waals surface area contributed by atoms with Gasteiger partial charge in [-0.15, -0.1) is 0 Å². The minimum Gasteiger partial charge on any atom is -0.489 e. The number of rotatable bonds is 7. The van der Waals surface area contributed by atoms with E-state index >= 15 is 0 Å². The van der Waals surface area contributed by atoms with Crippen LogP contribution in [0.3, 0.4) is 0 Å². The predicted molar refractivity (Wildman–Crippen MR) is 72.4 cm³/mol. The molecule has 0 saturated carbocycles. The molecule has 0 heterocycles. The highest BCUT2D eigenvalue weighted by atomic mass is 19.1. The van der Waals surface area contributed by atoms with Crippen LogP contribution in [0.5, 0.6) is 5.75 Å². The van der Waals surface area contributed by atoms with Crippen molar-refractivity contribution in [1.82, 2.24) is 5.32 Å². The van der Waals surface area contributed by atoms with Gasteiger partial charge < -0.3 is 15.8 Å². The van der Waals surface area contributed by atoms with E-state index < -0.39 is 0 Å². The molecule has 1 aromatic rings. The number of nitrogens with two attached hydrogens (primary N) is 1. The fourth-order valence-electron chi connectivity index (χ4n) is 1.52. The maximum atomic E-state index is 12.9. The molecule has 0 radical (unpaired) electrons. The molecule has 0 saturated heterocycles. The molecule has 0 fully saturated rings. The third-order valence-electron chi connectivity index (χ3n) is 2.55. The van der Waals surface area contributed by atoms with Gasteiger partial charge in [0.05, 0.1) is 6.54 Å². The van der Waals surface area contributed by atoms with Gasteiger partial charge in [0, 0.05) is 18.5 Å². The van der Waals surface area contributed by atoms with Gasteiger partial charge in [-0.05, 0) is 32.4 Å². The summed E-state index contributed by atoms with van der Waals surface area (Å²) in [6.07, 6.45) is 0.844. The standard InChI is InChI=1S/C14H21FN2O2/c1-10(16)6-7-14(18)17-9-11(2)19-13-5-3-4-12(15)8-13/h3-5,8,10-11H,6-7,9,16H2,1-2H3,(H,17,18). The number of nitrogens with one attached hydrogen (secondary N) is 1. The van der Waals surface area contributed by atoms with Crippen molar-refractivity contribution in [2.45, 2.75) is 38.8 Å². The maximum Gasteiger partial charge on any atom is 0.220 e. The first kappa shape index (κ1) is 15.4. The zero-order valence-corrected chi connectivity index (χ0v) is 11.4. The lowest BCUT2D eigenvalue weighted by Gasteiger charge is -2.15. The minimum absolute atomic E-state index is 0.0201. The zero-order chi connectivity index (χ0) is 14.3. The molecule has 3 N–H and O–H groups in total. The monoisotopic (exact) mass is 268 g/mol. The second-order valence-electron chi connectivity index (χ2n) is 4.71. The van der Waals surface area contributed by atoms with Gasteiger partial charge in [0.25, 0.3) is 0 Å². The lowest BCUT2D eigenvalue weighted by atomic mass is 10.2. The highest BCUT2D eigenvalue weighted by Gasteiger charge is 2.08. The van der Waals surface area contributed by atoms with Crippen molar-refractivity contribution in [3.63, 3.8) is 0 Å². The Kier molecular flexibility index (Phi) is 6.29. The fourth-order valence-corrected chi connectivity index (χ4v) is 1.52. The lowest BCUT2D eigenvalue weighted by molar-refractivity contribution is -0.121. The van der Waals surface area contributed by atoms with Gasteiger partial charge in [0.15, 0.2) is 0 Å². The van der Waals surface area contributed by atoms with Crippen LogP contribution in [0.4, 0.5) is 4.39 Å². The molecule has 1 rings (SSSR count). The van der Waals surface area contributed by atoms with Gasteiger partial charge in [-0.25, -0.2) is 4.39 Å². The molecule has 4 nitrogen and oxygen atoms in total. The molecule has 0 aliphatic carbocycles. The Morgan fingerprint density at radius 2 is 2.21 bits per heavy atom. The molecular weight excluding hydrogens is 247 g/mol. The molecule has 2 unspecified atom stereocenters.